The molecule has 0 N–H and O–H groups in total. The summed E-state index contributed by atoms with van der Waals surface area (Å²) in [6, 6.07) is 19.8. The van der Waals surface area contributed by atoms with E-state index in [1.165, 1.54) is 24.1 Å². The molecule has 3 aromatic rings. The number of anilines is 1. The second kappa shape index (κ2) is 7.70. The average Bonchev–Trinajstić information content (AvgIpc) is 3.24. The molecule has 4 rings (SSSR count). The molecule has 0 radical (unpaired) electrons. The van der Waals surface area contributed by atoms with Crippen molar-refractivity contribution in [3.63, 3.8) is 0 Å². The van der Waals surface area contributed by atoms with Crippen molar-refractivity contribution in [1.29, 1.82) is 0 Å². The van der Waals surface area contributed by atoms with Crippen LogP contribution in [0.3, 0.4) is 0 Å². The molecule has 1 fully saturated rings. The van der Waals surface area contributed by atoms with E-state index >= 15 is 0 Å². The largest absolute Gasteiger partial charge is 0.371 e. The molecule has 1 aliphatic rings. The van der Waals surface area contributed by atoms with Crippen LogP contribution in [0, 0.1) is 0 Å². The molecule has 0 aliphatic carbocycles. The number of aromatic nitrogens is 3. The Bertz CT molecular complexity index is 807. The molecule has 26 heavy (non-hydrogen) atoms. The first kappa shape index (κ1) is 16.8. The van der Waals surface area contributed by atoms with Gasteiger partial charge >= 0.3 is 0 Å². The lowest BCUT2D eigenvalue weighted by atomic mass is 10.0. The van der Waals surface area contributed by atoms with Gasteiger partial charge in [-0.15, -0.1) is 0 Å². The maximum atomic E-state index is 4.29. The monoisotopic (exact) mass is 347 g/mol. The van der Waals surface area contributed by atoms with Gasteiger partial charge in [-0.2, -0.15) is 5.10 Å². The van der Waals surface area contributed by atoms with Crippen LogP contribution in [0.2, 0.25) is 0 Å². The van der Waals surface area contributed by atoms with Gasteiger partial charge in [-0.3, -0.25) is 4.90 Å². The minimum absolute atomic E-state index is 0.610. The van der Waals surface area contributed by atoms with Crippen molar-refractivity contribution in [3.8, 4) is 5.69 Å². The van der Waals surface area contributed by atoms with Gasteiger partial charge in [-0.1, -0.05) is 36.4 Å². The van der Waals surface area contributed by atoms with E-state index in [0.717, 1.165) is 25.3 Å². The van der Waals surface area contributed by atoms with Gasteiger partial charge in [0.2, 0.25) is 0 Å². The van der Waals surface area contributed by atoms with Gasteiger partial charge in [-0.25, -0.2) is 9.67 Å². The van der Waals surface area contributed by atoms with E-state index in [1.54, 1.807) is 12.7 Å². The van der Waals surface area contributed by atoms with Crippen LogP contribution < -0.4 is 4.90 Å². The number of hydrogen-bond acceptors (Lipinski definition) is 4. The highest BCUT2D eigenvalue weighted by atomic mass is 15.3. The lowest BCUT2D eigenvalue weighted by Gasteiger charge is -2.38. The molecule has 0 saturated carbocycles. The molecule has 1 aliphatic heterocycles. The molecule has 2 aromatic carbocycles. The predicted octanol–water partition coefficient (Wildman–Crippen LogP) is 3.37. The Balaban J connectivity index is 1.40. The summed E-state index contributed by atoms with van der Waals surface area (Å²) in [6.07, 6.45) is 5.73. The number of benzene rings is 2. The number of para-hydroxylation sites is 2. The summed E-state index contributed by atoms with van der Waals surface area (Å²) in [5, 5.41) is 4.29. The summed E-state index contributed by atoms with van der Waals surface area (Å²) in [4.78, 5) is 9.06. The fourth-order valence-corrected chi connectivity index (χ4v) is 3.80. The van der Waals surface area contributed by atoms with E-state index in [1.807, 2.05) is 4.68 Å². The Morgan fingerprint density at radius 2 is 1.73 bits per heavy atom. The maximum absolute atomic E-state index is 4.29. The summed E-state index contributed by atoms with van der Waals surface area (Å²) in [5.41, 5.74) is 3.73. The van der Waals surface area contributed by atoms with E-state index in [2.05, 4.69) is 81.5 Å². The van der Waals surface area contributed by atoms with Crippen LogP contribution in [-0.4, -0.2) is 45.8 Å². The van der Waals surface area contributed by atoms with E-state index in [9.17, 15) is 0 Å². The second-order valence-corrected chi connectivity index (χ2v) is 6.94. The molecule has 1 aromatic heterocycles. The number of hydrogen-bond donors (Lipinski definition) is 0. The average molecular weight is 347 g/mol. The van der Waals surface area contributed by atoms with Crippen LogP contribution in [0.5, 0.6) is 0 Å². The van der Waals surface area contributed by atoms with E-state index in [0.29, 0.717) is 6.04 Å². The Morgan fingerprint density at radius 1 is 1.00 bits per heavy atom. The molecule has 0 amide bonds. The summed E-state index contributed by atoms with van der Waals surface area (Å²) in [6.45, 7) is 3.15. The molecule has 5 heteroatoms. The molecule has 0 unspecified atom stereocenters. The fourth-order valence-electron chi connectivity index (χ4n) is 3.80. The van der Waals surface area contributed by atoms with Crippen molar-refractivity contribution in [3.05, 3.63) is 72.8 Å². The standard InChI is InChI=1S/C21H25N5/c1-24(15-18-7-5-6-10-21(18)26-17-22-16-23-26)19-11-13-25(14-12-19)20-8-3-2-4-9-20/h2-10,16-17,19H,11-15H2,1H3. The zero-order chi connectivity index (χ0) is 17.8. The van der Waals surface area contributed by atoms with Crippen LogP contribution in [0.4, 0.5) is 5.69 Å². The van der Waals surface area contributed by atoms with Gasteiger partial charge in [0.1, 0.15) is 12.7 Å². The molecule has 2 heterocycles. The van der Waals surface area contributed by atoms with Crippen molar-refractivity contribution in [1.82, 2.24) is 19.7 Å². The number of nitrogens with zero attached hydrogens (tertiary/aromatic N) is 5. The lowest BCUT2D eigenvalue weighted by Crippen LogP contribution is -2.43. The molecular weight excluding hydrogens is 322 g/mol. The summed E-state index contributed by atoms with van der Waals surface area (Å²) in [7, 11) is 2.24. The molecule has 1 saturated heterocycles. The van der Waals surface area contributed by atoms with Crippen molar-refractivity contribution in [2.75, 3.05) is 25.0 Å². The Labute approximate surface area is 154 Å². The van der Waals surface area contributed by atoms with Crippen molar-refractivity contribution in [2.24, 2.45) is 0 Å². The lowest BCUT2D eigenvalue weighted by molar-refractivity contribution is 0.200. The first-order valence-corrected chi connectivity index (χ1v) is 9.24. The highest BCUT2D eigenvalue weighted by Gasteiger charge is 2.23. The Morgan fingerprint density at radius 3 is 2.46 bits per heavy atom. The normalized spacial score (nSPS) is 15.5. The SMILES string of the molecule is CN(Cc1ccccc1-n1cncn1)C1CCN(c2ccccc2)CC1. The van der Waals surface area contributed by atoms with Crippen molar-refractivity contribution < 1.29 is 0 Å². The summed E-state index contributed by atoms with van der Waals surface area (Å²) < 4.78 is 1.85. The third-order valence-electron chi connectivity index (χ3n) is 5.29. The van der Waals surface area contributed by atoms with Gasteiger partial charge in [-0.05, 0) is 43.7 Å². The van der Waals surface area contributed by atoms with Crippen LogP contribution in [0.1, 0.15) is 18.4 Å². The van der Waals surface area contributed by atoms with Crippen LogP contribution >= 0.6 is 0 Å². The first-order chi connectivity index (χ1) is 12.8. The zero-order valence-electron chi connectivity index (χ0n) is 15.2. The smallest absolute Gasteiger partial charge is 0.138 e. The van der Waals surface area contributed by atoms with Crippen molar-refractivity contribution in [2.45, 2.75) is 25.4 Å². The van der Waals surface area contributed by atoms with Crippen LogP contribution in [0.15, 0.2) is 67.3 Å². The Hall–Kier alpha value is -2.66. The van der Waals surface area contributed by atoms with Gasteiger partial charge in [0.25, 0.3) is 0 Å². The Kier molecular flexibility index (Phi) is 4.97. The highest BCUT2D eigenvalue weighted by Crippen LogP contribution is 2.24. The fraction of sp³-hybridized carbons (Fsp3) is 0.333. The van der Waals surface area contributed by atoms with Gasteiger partial charge < -0.3 is 4.90 Å². The van der Waals surface area contributed by atoms with Gasteiger partial charge in [0.05, 0.1) is 5.69 Å². The quantitative estimate of drug-likeness (QED) is 0.709. The molecule has 0 spiro atoms. The van der Waals surface area contributed by atoms with Gasteiger partial charge in [0.15, 0.2) is 0 Å². The minimum atomic E-state index is 0.610. The predicted molar refractivity (Wildman–Crippen MR) is 105 cm³/mol. The molecule has 0 bridgehead atoms. The van der Waals surface area contributed by atoms with E-state index < -0.39 is 0 Å². The molecule has 5 nitrogen and oxygen atoms in total. The maximum Gasteiger partial charge on any atom is 0.138 e. The minimum Gasteiger partial charge on any atom is -0.371 e. The molecule has 134 valence electrons. The molecular formula is C21H25N5. The van der Waals surface area contributed by atoms with Crippen LogP contribution in [0.25, 0.3) is 5.69 Å². The van der Waals surface area contributed by atoms with E-state index in [4.69, 9.17) is 0 Å². The third-order valence-corrected chi connectivity index (χ3v) is 5.29. The van der Waals surface area contributed by atoms with Gasteiger partial charge in [0, 0.05) is 31.4 Å². The summed E-state index contributed by atoms with van der Waals surface area (Å²) >= 11 is 0. The zero-order valence-corrected chi connectivity index (χ0v) is 15.2. The van der Waals surface area contributed by atoms with E-state index in [-0.39, 0.29) is 0 Å². The third kappa shape index (κ3) is 3.63. The van der Waals surface area contributed by atoms with Crippen molar-refractivity contribution >= 4 is 5.69 Å². The first-order valence-electron chi connectivity index (χ1n) is 9.24. The topological polar surface area (TPSA) is 37.2 Å². The molecule has 0 atom stereocenters. The van der Waals surface area contributed by atoms with Crippen LogP contribution in [-0.2, 0) is 6.54 Å². The number of rotatable bonds is 5. The second-order valence-electron chi connectivity index (χ2n) is 6.94. The summed E-state index contributed by atoms with van der Waals surface area (Å²) in [5.74, 6) is 0. The number of piperidine rings is 1. The highest BCUT2D eigenvalue weighted by molar-refractivity contribution is 5.46.